The summed E-state index contributed by atoms with van der Waals surface area (Å²) >= 11 is 0. The lowest BCUT2D eigenvalue weighted by Crippen LogP contribution is -2.30. The van der Waals surface area contributed by atoms with E-state index in [1.54, 1.807) is 12.1 Å². The molecule has 0 unspecified atom stereocenters. The Morgan fingerprint density at radius 3 is 2.07 bits per heavy atom. The Balaban J connectivity index is 1.31. The van der Waals surface area contributed by atoms with E-state index in [-0.39, 0.29) is 11.7 Å². The number of hydrogen-bond acceptors (Lipinski definition) is 3. The van der Waals surface area contributed by atoms with E-state index in [1.807, 2.05) is 12.1 Å². The topological polar surface area (TPSA) is 52.6 Å². The van der Waals surface area contributed by atoms with E-state index in [2.05, 4.69) is 10.2 Å². The molecule has 4 heteroatoms. The first-order valence-electron chi connectivity index (χ1n) is 12.0. The van der Waals surface area contributed by atoms with Crippen molar-refractivity contribution in [3.63, 3.8) is 0 Å². The van der Waals surface area contributed by atoms with E-state index >= 15 is 0 Å². The number of benzene rings is 1. The van der Waals surface area contributed by atoms with Crippen LogP contribution in [0, 0.1) is 0 Å². The fourth-order valence-electron chi connectivity index (χ4n) is 4.14. The summed E-state index contributed by atoms with van der Waals surface area (Å²) in [4.78, 5) is 14.5. The van der Waals surface area contributed by atoms with Gasteiger partial charge < -0.3 is 15.3 Å². The predicted molar refractivity (Wildman–Crippen MR) is 121 cm³/mol. The number of aromatic hydroxyl groups is 1. The Kier molecular flexibility index (Phi) is 12.5. The number of nitrogens with one attached hydrogen (secondary N) is 1. The monoisotopic (exact) mass is 402 g/mol. The number of carbonyl (C=O) groups is 1. The molecule has 1 aromatic rings. The van der Waals surface area contributed by atoms with Gasteiger partial charge in [0.15, 0.2) is 0 Å². The number of phenolic OH excluding ortho intramolecular Hbond substituents is 1. The lowest BCUT2D eigenvalue weighted by atomic mass is 10.1. The van der Waals surface area contributed by atoms with E-state index in [9.17, 15) is 9.90 Å². The Morgan fingerprint density at radius 2 is 1.41 bits per heavy atom. The molecule has 0 aliphatic carbocycles. The highest BCUT2D eigenvalue weighted by Gasteiger charge is 2.08. The second-order valence-corrected chi connectivity index (χ2v) is 8.60. The molecule has 1 heterocycles. The summed E-state index contributed by atoms with van der Waals surface area (Å²) in [5.74, 6) is 0.447. The van der Waals surface area contributed by atoms with Crippen LogP contribution in [0.3, 0.4) is 0 Å². The van der Waals surface area contributed by atoms with E-state index < -0.39 is 0 Å². The van der Waals surface area contributed by atoms with Crippen LogP contribution in [0.25, 0.3) is 0 Å². The lowest BCUT2D eigenvalue weighted by molar-refractivity contribution is -0.121. The third kappa shape index (κ3) is 11.9. The van der Waals surface area contributed by atoms with Gasteiger partial charge >= 0.3 is 0 Å². The Labute approximate surface area is 178 Å². The van der Waals surface area contributed by atoms with Crippen LogP contribution < -0.4 is 5.32 Å². The van der Waals surface area contributed by atoms with Crippen molar-refractivity contribution in [1.82, 2.24) is 10.2 Å². The van der Waals surface area contributed by atoms with Crippen molar-refractivity contribution >= 4 is 5.91 Å². The number of piperidine rings is 1. The molecule has 0 aromatic heterocycles. The van der Waals surface area contributed by atoms with Crippen LogP contribution in [0.1, 0.15) is 89.0 Å². The minimum Gasteiger partial charge on any atom is -0.508 e. The van der Waals surface area contributed by atoms with Gasteiger partial charge in [-0.25, -0.2) is 0 Å². The maximum Gasteiger partial charge on any atom is 0.220 e. The van der Waals surface area contributed by atoms with Crippen LogP contribution in [-0.2, 0) is 11.2 Å². The van der Waals surface area contributed by atoms with Crippen molar-refractivity contribution in [2.24, 2.45) is 0 Å². The largest absolute Gasteiger partial charge is 0.508 e. The van der Waals surface area contributed by atoms with E-state index in [4.69, 9.17) is 0 Å². The predicted octanol–water partition coefficient (Wildman–Crippen LogP) is 5.44. The molecule has 0 spiro atoms. The van der Waals surface area contributed by atoms with Crippen LogP contribution in [0.15, 0.2) is 24.3 Å². The Bertz CT molecular complexity index is 538. The summed E-state index contributed by atoms with van der Waals surface area (Å²) in [5, 5.41) is 12.3. The molecule has 2 rings (SSSR count). The first-order chi connectivity index (χ1) is 14.2. The summed E-state index contributed by atoms with van der Waals surface area (Å²) in [6.45, 7) is 4.64. The molecule has 0 saturated carbocycles. The highest BCUT2D eigenvalue weighted by molar-refractivity contribution is 5.75. The lowest BCUT2D eigenvalue weighted by Gasteiger charge is -2.26. The number of amides is 1. The van der Waals surface area contributed by atoms with Gasteiger partial charge in [-0.15, -0.1) is 0 Å². The van der Waals surface area contributed by atoms with Crippen LogP contribution in [0.2, 0.25) is 0 Å². The van der Waals surface area contributed by atoms with Gasteiger partial charge in [0.05, 0.1) is 0 Å². The van der Waals surface area contributed by atoms with Crippen molar-refractivity contribution in [3.05, 3.63) is 29.8 Å². The number of phenols is 1. The highest BCUT2D eigenvalue weighted by atomic mass is 16.3. The zero-order chi connectivity index (χ0) is 20.6. The van der Waals surface area contributed by atoms with E-state index in [0.29, 0.717) is 13.0 Å². The first-order valence-corrected chi connectivity index (χ1v) is 12.0. The third-order valence-electron chi connectivity index (χ3n) is 6.00. The molecule has 1 aliphatic rings. The summed E-state index contributed by atoms with van der Waals surface area (Å²) in [6.07, 6.45) is 17.3. The summed E-state index contributed by atoms with van der Waals surface area (Å²) in [7, 11) is 0. The summed E-state index contributed by atoms with van der Waals surface area (Å²) in [6, 6.07) is 7.17. The average molecular weight is 403 g/mol. The second-order valence-electron chi connectivity index (χ2n) is 8.60. The fourth-order valence-corrected chi connectivity index (χ4v) is 4.14. The maximum absolute atomic E-state index is 11.9. The van der Waals surface area contributed by atoms with Crippen LogP contribution in [0.5, 0.6) is 5.75 Å². The minimum atomic E-state index is 0.164. The SMILES string of the molecule is O=C(CCCCCCCCCCCN1CCCCC1)NCCc1ccc(O)cc1. The zero-order valence-electron chi connectivity index (χ0n) is 18.3. The third-order valence-corrected chi connectivity index (χ3v) is 6.00. The maximum atomic E-state index is 11.9. The summed E-state index contributed by atoms with van der Waals surface area (Å²) in [5.41, 5.74) is 1.13. The number of rotatable bonds is 15. The minimum absolute atomic E-state index is 0.164. The summed E-state index contributed by atoms with van der Waals surface area (Å²) < 4.78 is 0. The zero-order valence-corrected chi connectivity index (χ0v) is 18.3. The molecule has 1 aliphatic heterocycles. The number of nitrogens with zero attached hydrogens (tertiary/aromatic N) is 1. The molecular formula is C25H42N2O2. The van der Waals surface area contributed by atoms with Gasteiger partial charge in [0, 0.05) is 13.0 Å². The molecule has 1 aromatic carbocycles. The van der Waals surface area contributed by atoms with Gasteiger partial charge in [0.25, 0.3) is 0 Å². The van der Waals surface area contributed by atoms with E-state index in [1.165, 1.54) is 90.3 Å². The van der Waals surface area contributed by atoms with Crippen molar-refractivity contribution in [2.75, 3.05) is 26.2 Å². The number of likely N-dealkylation sites (tertiary alicyclic amines) is 1. The molecule has 0 radical (unpaired) electrons. The van der Waals surface area contributed by atoms with Crippen molar-refractivity contribution in [1.29, 1.82) is 0 Å². The molecule has 1 fully saturated rings. The molecule has 4 nitrogen and oxygen atoms in total. The van der Waals surface area contributed by atoms with Crippen LogP contribution >= 0.6 is 0 Å². The molecule has 0 bridgehead atoms. The molecule has 1 saturated heterocycles. The highest BCUT2D eigenvalue weighted by Crippen LogP contribution is 2.13. The van der Waals surface area contributed by atoms with Gasteiger partial charge in [-0.05, 0) is 69.4 Å². The second kappa shape index (κ2) is 15.3. The van der Waals surface area contributed by atoms with Gasteiger partial charge in [-0.1, -0.05) is 63.5 Å². The molecule has 1 amide bonds. The quantitative estimate of drug-likeness (QED) is 0.384. The number of carbonyl (C=O) groups excluding carboxylic acids is 1. The average Bonchev–Trinajstić information content (AvgIpc) is 2.74. The van der Waals surface area contributed by atoms with Crippen molar-refractivity contribution in [2.45, 2.75) is 89.9 Å². The van der Waals surface area contributed by atoms with Gasteiger partial charge in [0.1, 0.15) is 5.75 Å². The normalized spacial score (nSPS) is 14.8. The van der Waals surface area contributed by atoms with Crippen LogP contribution in [-0.4, -0.2) is 42.1 Å². The Morgan fingerprint density at radius 1 is 0.828 bits per heavy atom. The first kappa shape index (κ1) is 23.7. The number of hydrogen-bond donors (Lipinski definition) is 2. The molecule has 2 N–H and O–H groups in total. The number of unbranched alkanes of at least 4 members (excludes halogenated alkanes) is 8. The van der Waals surface area contributed by atoms with Gasteiger partial charge in [-0.2, -0.15) is 0 Å². The van der Waals surface area contributed by atoms with Crippen molar-refractivity contribution in [3.8, 4) is 5.75 Å². The van der Waals surface area contributed by atoms with E-state index in [0.717, 1.165) is 18.4 Å². The fraction of sp³-hybridized carbons (Fsp3) is 0.720. The molecular weight excluding hydrogens is 360 g/mol. The molecule has 164 valence electrons. The molecule has 29 heavy (non-hydrogen) atoms. The Hall–Kier alpha value is -1.55. The smallest absolute Gasteiger partial charge is 0.220 e. The standard InChI is InChI=1S/C25H42N2O2/c28-24-16-14-23(15-17-24)18-19-26-25(29)13-9-6-4-2-1-3-5-7-10-20-27-21-11-8-12-22-27/h14-17,28H,1-13,18-22H2,(H,26,29). The van der Waals surface area contributed by atoms with Crippen molar-refractivity contribution < 1.29 is 9.90 Å². The van der Waals surface area contributed by atoms with Crippen LogP contribution in [0.4, 0.5) is 0 Å². The molecule has 0 atom stereocenters. The van der Waals surface area contributed by atoms with Gasteiger partial charge in [0.2, 0.25) is 5.91 Å². The van der Waals surface area contributed by atoms with Gasteiger partial charge in [-0.3, -0.25) is 4.79 Å².